The van der Waals surface area contributed by atoms with Crippen molar-refractivity contribution in [2.24, 2.45) is 5.92 Å². The molecule has 1 unspecified atom stereocenters. The summed E-state index contributed by atoms with van der Waals surface area (Å²) in [6, 6.07) is 6.69. The molecule has 104 valence electrons. The summed E-state index contributed by atoms with van der Waals surface area (Å²) >= 11 is 0. The van der Waals surface area contributed by atoms with Crippen LogP contribution in [0.15, 0.2) is 24.3 Å². The number of carbonyl (C=O) groups excluding carboxylic acids is 2. The van der Waals surface area contributed by atoms with Crippen molar-refractivity contribution in [3.05, 3.63) is 24.3 Å². The van der Waals surface area contributed by atoms with Crippen molar-refractivity contribution >= 4 is 11.9 Å². The molecule has 0 amide bonds. The van der Waals surface area contributed by atoms with E-state index >= 15 is 0 Å². The second-order valence-electron chi connectivity index (χ2n) is 4.39. The van der Waals surface area contributed by atoms with E-state index in [0.29, 0.717) is 0 Å². The molecule has 0 spiro atoms. The Morgan fingerprint density at radius 2 is 1.68 bits per heavy atom. The van der Waals surface area contributed by atoms with Gasteiger partial charge in [-0.2, -0.15) is 0 Å². The third-order valence-corrected chi connectivity index (χ3v) is 2.70. The summed E-state index contributed by atoms with van der Waals surface area (Å²) in [4.78, 5) is 23.1. The normalized spacial score (nSPS) is 11.7. The van der Waals surface area contributed by atoms with Gasteiger partial charge in [0.05, 0.1) is 5.92 Å². The summed E-state index contributed by atoms with van der Waals surface area (Å²) in [6.45, 7) is 5.55. The Hall–Kier alpha value is -1.84. The van der Waals surface area contributed by atoms with E-state index < -0.39 is 0 Å². The van der Waals surface area contributed by atoms with Crippen LogP contribution < -0.4 is 9.47 Å². The van der Waals surface area contributed by atoms with Crippen LogP contribution in [0.2, 0.25) is 0 Å². The molecule has 0 saturated carbocycles. The van der Waals surface area contributed by atoms with Crippen LogP contribution in [0.4, 0.5) is 0 Å². The molecule has 1 atom stereocenters. The van der Waals surface area contributed by atoms with Crippen LogP contribution in [0.25, 0.3) is 0 Å². The molecule has 1 aromatic carbocycles. The molecule has 19 heavy (non-hydrogen) atoms. The minimum atomic E-state index is -0.356. The fraction of sp³-hybridized carbons (Fsp3) is 0.467. The lowest BCUT2D eigenvalue weighted by molar-refractivity contribution is -0.139. The topological polar surface area (TPSA) is 52.6 Å². The van der Waals surface area contributed by atoms with Crippen LogP contribution in [0.5, 0.6) is 11.5 Å². The third kappa shape index (κ3) is 4.73. The maximum absolute atomic E-state index is 11.8. The molecule has 0 radical (unpaired) electrons. The molecule has 0 aliphatic carbocycles. The maximum atomic E-state index is 11.8. The van der Waals surface area contributed by atoms with Crippen LogP contribution >= 0.6 is 0 Å². The monoisotopic (exact) mass is 264 g/mol. The molecule has 1 aromatic rings. The van der Waals surface area contributed by atoms with E-state index in [1.54, 1.807) is 31.2 Å². The first-order valence-electron chi connectivity index (χ1n) is 6.59. The van der Waals surface area contributed by atoms with Crippen LogP contribution in [-0.4, -0.2) is 11.9 Å². The number of esters is 2. The molecule has 0 saturated heterocycles. The minimum absolute atomic E-state index is 0.167. The Morgan fingerprint density at radius 3 is 2.21 bits per heavy atom. The van der Waals surface area contributed by atoms with Gasteiger partial charge < -0.3 is 9.47 Å². The van der Waals surface area contributed by atoms with Crippen LogP contribution in [0.1, 0.15) is 40.0 Å². The Labute approximate surface area is 113 Å². The van der Waals surface area contributed by atoms with Crippen molar-refractivity contribution in [3.63, 3.8) is 0 Å². The zero-order chi connectivity index (χ0) is 14.3. The quantitative estimate of drug-likeness (QED) is 0.584. The van der Waals surface area contributed by atoms with Gasteiger partial charge in [0.1, 0.15) is 0 Å². The van der Waals surface area contributed by atoms with Gasteiger partial charge in [-0.15, -0.1) is 0 Å². The molecule has 0 aliphatic rings. The Bertz CT molecular complexity index is 440. The molecule has 0 aromatic heterocycles. The largest absolute Gasteiger partial charge is 0.423 e. The predicted octanol–water partition coefficient (Wildman–Crippen LogP) is 3.34. The number of para-hydroxylation sites is 2. The molecular formula is C15H20O4. The SMILES string of the molecule is CCCC(C)C(=O)Oc1ccccc1OC(=O)CC. The Balaban J connectivity index is 2.77. The summed E-state index contributed by atoms with van der Waals surface area (Å²) in [6.07, 6.45) is 1.97. The highest BCUT2D eigenvalue weighted by atomic mass is 16.6. The number of hydrogen-bond acceptors (Lipinski definition) is 4. The van der Waals surface area contributed by atoms with Crippen molar-refractivity contribution in [1.82, 2.24) is 0 Å². The van der Waals surface area contributed by atoms with E-state index in [9.17, 15) is 9.59 Å². The first-order valence-corrected chi connectivity index (χ1v) is 6.59. The molecule has 0 fully saturated rings. The van der Waals surface area contributed by atoms with Gasteiger partial charge >= 0.3 is 11.9 Å². The van der Waals surface area contributed by atoms with Gasteiger partial charge in [0.25, 0.3) is 0 Å². The zero-order valence-electron chi connectivity index (χ0n) is 11.6. The van der Waals surface area contributed by atoms with Crippen LogP contribution in [0, 0.1) is 5.92 Å². The summed E-state index contributed by atoms with van der Waals surface area (Å²) in [5.41, 5.74) is 0. The highest BCUT2D eigenvalue weighted by molar-refractivity contribution is 5.77. The Morgan fingerprint density at radius 1 is 1.11 bits per heavy atom. The summed E-state index contributed by atoms with van der Waals surface area (Å²) in [5.74, 6) is -0.254. The lowest BCUT2D eigenvalue weighted by Crippen LogP contribution is -2.18. The van der Waals surface area contributed by atoms with Gasteiger partial charge in [-0.05, 0) is 18.6 Å². The van der Waals surface area contributed by atoms with E-state index in [0.717, 1.165) is 12.8 Å². The average Bonchev–Trinajstić information content (AvgIpc) is 2.41. The maximum Gasteiger partial charge on any atom is 0.314 e. The zero-order valence-corrected chi connectivity index (χ0v) is 11.6. The first kappa shape index (κ1) is 15.2. The van der Waals surface area contributed by atoms with Gasteiger partial charge in [-0.3, -0.25) is 9.59 Å². The second kappa shape index (κ2) is 7.56. The van der Waals surface area contributed by atoms with E-state index in [2.05, 4.69) is 0 Å². The minimum Gasteiger partial charge on any atom is -0.423 e. The number of ether oxygens (including phenoxy) is 2. The second-order valence-corrected chi connectivity index (χ2v) is 4.39. The van der Waals surface area contributed by atoms with Crippen molar-refractivity contribution < 1.29 is 19.1 Å². The van der Waals surface area contributed by atoms with Crippen molar-refractivity contribution in [1.29, 1.82) is 0 Å². The smallest absolute Gasteiger partial charge is 0.314 e. The molecule has 4 heteroatoms. The number of rotatable bonds is 6. The van der Waals surface area contributed by atoms with Gasteiger partial charge in [-0.25, -0.2) is 0 Å². The predicted molar refractivity (Wildman–Crippen MR) is 72.1 cm³/mol. The fourth-order valence-electron chi connectivity index (χ4n) is 1.57. The lowest BCUT2D eigenvalue weighted by atomic mass is 10.1. The standard InChI is InChI=1S/C15H20O4/c1-4-8-11(3)15(17)19-13-10-7-6-9-12(13)18-14(16)5-2/h6-7,9-11H,4-5,8H2,1-3H3. The molecule has 0 N–H and O–H groups in total. The van der Waals surface area contributed by atoms with E-state index in [4.69, 9.17) is 9.47 Å². The van der Waals surface area contributed by atoms with Gasteiger partial charge in [0.2, 0.25) is 0 Å². The van der Waals surface area contributed by atoms with Gasteiger partial charge in [0, 0.05) is 6.42 Å². The highest BCUT2D eigenvalue weighted by Gasteiger charge is 2.17. The summed E-state index contributed by atoms with van der Waals surface area (Å²) < 4.78 is 10.4. The molecule has 4 nitrogen and oxygen atoms in total. The van der Waals surface area contributed by atoms with E-state index in [1.165, 1.54) is 0 Å². The Kier molecular flexibility index (Phi) is 6.06. The molecule has 0 heterocycles. The number of benzene rings is 1. The average molecular weight is 264 g/mol. The van der Waals surface area contributed by atoms with E-state index in [-0.39, 0.29) is 35.8 Å². The van der Waals surface area contributed by atoms with E-state index in [1.807, 2.05) is 13.8 Å². The van der Waals surface area contributed by atoms with Crippen molar-refractivity contribution in [2.75, 3.05) is 0 Å². The van der Waals surface area contributed by atoms with Crippen LogP contribution in [0.3, 0.4) is 0 Å². The highest BCUT2D eigenvalue weighted by Crippen LogP contribution is 2.27. The first-order chi connectivity index (χ1) is 9.08. The van der Waals surface area contributed by atoms with Crippen molar-refractivity contribution in [2.45, 2.75) is 40.0 Å². The summed E-state index contributed by atoms with van der Waals surface area (Å²) in [7, 11) is 0. The molecule has 0 bridgehead atoms. The van der Waals surface area contributed by atoms with Crippen molar-refractivity contribution in [3.8, 4) is 11.5 Å². The summed E-state index contributed by atoms with van der Waals surface area (Å²) in [5, 5.41) is 0. The van der Waals surface area contributed by atoms with Crippen LogP contribution in [-0.2, 0) is 9.59 Å². The molecule has 0 aliphatic heterocycles. The number of carbonyl (C=O) groups is 2. The lowest BCUT2D eigenvalue weighted by Gasteiger charge is -2.12. The molecule has 1 rings (SSSR count). The number of hydrogen-bond donors (Lipinski definition) is 0. The third-order valence-electron chi connectivity index (χ3n) is 2.70. The fourth-order valence-corrected chi connectivity index (χ4v) is 1.57. The molecular weight excluding hydrogens is 244 g/mol. The van der Waals surface area contributed by atoms with Gasteiger partial charge in [0.15, 0.2) is 11.5 Å². The van der Waals surface area contributed by atoms with Gasteiger partial charge in [-0.1, -0.05) is 39.3 Å².